The first kappa shape index (κ1) is 23.6. The van der Waals surface area contributed by atoms with Gasteiger partial charge in [0.2, 0.25) is 0 Å². The Kier molecular flexibility index (Phi) is 17.2. The molecule has 0 fully saturated rings. The van der Waals surface area contributed by atoms with Crippen molar-refractivity contribution in [3.8, 4) is 0 Å². The third kappa shape index (κ3) is 14.0. The molecule has 0 heterocycles. The van der Waals surface area contributed by atoms with E-state index >= 15 is 0 Å². The van der Waals surface area contributed by atoms with Crippen molar-refractivity contribution < 1.29 is 10.2 Å². The number of unbranched alkanes of at least 4 members (excludes halogenated alkanes) is 9. The molecule has 0 bridgehead atoms. The SMILES string of the molecule is CCCCCCCCC=CCCCCCC(CCN)C(O)C(C)O. The van der Waals surface area contributed by atoms with E-state index in [2.05, 4.69) is 19.1 Å². The van der Waals surface area contributed by atoms with Crippen molar-refractivity contribution in [3.05, 3.63) is 12.2 Å². The number of hydrogen-bond donors (Lipinski definition) is 3. The van der Waals surface area contributed by atoms with Crippen molar-refractivity contribution in [2.75, 3.05) is 6.54 Å². The standard InChI is InChI=1S/C21H43NO2/c1-3-4-5-6-7-8-9-10-11-12-13-14-15-16-20(17-18-22)21(24)19(2)23/h10-11,19-21,23-24H,3-9,12-18,22H2,1-2H3. The largest absolute Gasteiger partial charge is 0.391 e. The third-order valence-electron chi connectivity index (χ3n) is 4.85. The number of hydrogen-bond acceptors (Lipinski definition) is 3. The summed E-state index contributed by atoms with van der Waals surface area (Å²) < 4.78 is 0. The average molecular weight is 342 g/mol. The summed E-state index contributed by atoms with van der Waals surface area (Å²) in [6.45, 7) is 4.49. The summed E-state index contributed by atoms with van der Waals surface area (Å²) in [6, 6.07) is 0. The molecule has 0 aromatic carbocycles. The van der Waals surface area contributed by atoms with Crippen molar-refractivity contribution in [3.63, 3.8) is 0 Å². The summed E-state index contributed by atoms with van der Waals surface area (Å²) in [5, 5.41) is 19.5. The predicted octanol–water partition coefficient (Wildman–Crippen LogP) is 4.95. The lowest BCUT2D eigenvalue weighted by Gasteiger charge is -2.24. The fourth-order valence-corrected chi connectivity index (χ4v) is 3.22. The second-order valence-corrected chi connectivity index (χ2v) is 7.23. The Labute approximate surface area is 150 Å². The van der Waals surface area contributed by atoms with Crippen LogP contribution in [-0.2, 0) is 0 Å². The van der Waals surface area contributed by atoms with Gasteiger partial charge in [-0.15, -0.1) is 0 Å². The Morgan fingerprint density at radius 2 is 1.33 bits per heavy atom. The van der Waals surface area contributed by atoms with Crippen molar-refractivity contribution in [1.29, 1.82) is 0 Å². The van der Waals surface area contributed by atoms with E-state index in [0.29, 0.717) is 6.54 Å². The minimum absolute atomic E-state index is 0.137. The molecular weight excluding hydrogens is 298 g/mol. The van der Waals surface area contributed by atoms with E-state index in [9.17, 15) is 10.2 Å². The highest BCUT2D eigenvalue weighted by molar-refractivity contribution is 4.81. The molecule has 3 nitrogen and oxygen atoms in total. The van der Waals surface area contributed by atoms with Gasteiger partial charge < -0.3 is 15.9 Å². The molecular formula is C21H43NO2. The molecule has 0 aromatic heterocycles. The minimum atomic E-state index is -0.661. The Morgan fingerprint density at radius 1 is 0.792 bits per heavy atom. The molecule has 0 aliphatic rings. The molecule has 0 saturated heterocycles. The molecule has 0 spiro atoms. The van der Waals surface area contributed by atoms with E-state index < -0.39 is 12.2 Å². The van der Waals surface area contributed by atoms with E-state index in [-0.39, 0.29) is 5.92 Å². The number of rotatable bonds is 17. The third-order valence-corrected chi connectivity index (χ3v) is 4.85. The van der Waals surface area contributed by atoms with Gasteiger partial charge in [0.25, 0.3) is 0 Å². The molecule has 144 valence electrons. The molecule has 0 aliphatic heterocycles. The van der Waals surface area contributed by atoms with Gasteiger partial charge in [0.15, 0.2) is 0 Å². The summed E-state index contributed by atoms with van der Waals surface area (Å²) in [6.07, 6.45) is 19.2. The van der Waals surface area contributed by atoms with E-state index in [1.807, 2.05) is 0 Å². The van der Waals surface area contributed by atoms with E-state index in [4.69, 9.17) is 5.73 Å². The van der Waals surface area contributed by atoms with Gasteiger partial charge in [-0.25, -0.2) is 0 Å². The highest BCUT2D eigenvalue weighted by Crippen LogP contribution is 2.20. The van der Waals surface area contributed by atoms with Crippen molar-refractivity contribution in [1.82, 2.24) is 0 Å². The van der Waals surface area contributed by atoms with Crippen LogP contribution >= 0.6 is 0 Å². The van der Waals surface area contributed by atoms with E-state index in [1.165, 1.54) is 57.8 Å². The van der Waals surface area contributed by atoms with Gasteiger partial charge in [0.1, 0.15) is 0 Å². The maximum atomic E-state index is 9.99. The molecule has 3 atom stereocenters. The van der Waals surface area contributed by atoms with Gasteiger partial charge in [-0.05, 0) is 57.9 Å². The molecule has 0 amide bonds. The summed E-state index contributed by atoms with van der Waals surface area (Å²) in [7, 11) is 0. The predicted molar refractivity (Wildman–Crippen MR) is 105 cm³/mol. The average Bonchev–Trinajstić information content (AvgIpc) is 2.57. The Morgan fingerprint density at radius 3 is 1.88 bits per heavy atom. The van der Waals surface area contributed by atoms with Gasteiger partial charge in [-0.2, -0.15) is 0 Å². The number of aliphatic hydroxyl groups excluding tert-OH is 2. The Hall–Kier alpha value is -0.380. The second kappa shape index (κ2) is 17.4. The smallest absolute Gasteiger partial charge is 0.0824 e. The van der Waals surface area contributed by atoms with Crippen LogP contribution in [0.1, 0.15) is 97.3 Å². The monoisotopic (exact) mass is 341 g/mol. The Balaban J connectivity index is 3.52. The van der Waals surface area contributed by atoms with Crippen molar-refractivity contribution >= 4 is 0 Å². The van der Waals surface area contributed by atoms with Crippen LogP contribution in [-0.4, -0.2) is 29.0 Å². The highest BCUT2D eigenvalue weighted by atomic mass is 16.3. The van der Waals surface area contributed by atoms with Crippen LogP contribution in [0.15, 0.2) is 12.2 Å². The lowest BCUT2D eigenvalue weighted by molar-refractivity contribution is -0.0120. The zero-order chi connectivity index (χ0) is 18.0. The molecule has 0 rings (SSSR count). The molecule has 3 heteroatoms. The topological polar surface area (TPSA) is 66.5 Å². The molecule has 24 heavy (non-hydrogen) atoms. The number of aliphatic hydroxyl groups is 2. The van der Waals surface area contributed by atoms with Crippen LogP contribution in [0.2, 0.25) is 0 Å². The first-order chi connectivity index (χ1) is 11.6. The van der Waals surface area contributed by atoms with E-state index in [0.717, 1.165) is 25.7 Å². The first-order valence-corrected chi connectivity index (χ1v) is 10.3. The first-order valence-electron chi connectivity index (χ1n) is 10.3. The van der Waals surface area contributed by atoms with Crippen molar-refractivity contribution in [2.24, 2.45) is 11.7 Å². The fraction of sp³-hybridized carbons (Fsp3) is 0.905. The zero-order valence-electron chi connectivity index (χ0n) is 16.3. The normalized spacial score (nSPS) is 15.7. The molecule has 0 aliphatic carbocycles. The van der Waals surface area contributed by atoms with Crippen LogP contribution in [0, 0.1) is 5.92 Å². The van der Waals surface area contributed by atoms with Crippen LogP contribution in [0.3, 0.4) is 0 Å². The summed E-state index contributed by atoms with van der Waals surface area (Å²) in [5.74, 6) is 0.137. The highest BCUT2D eigenvalue weighted by Gasteiger charge is 2.22. The van der Waals surface area contributed by atoms with Gasteiger partial charge in [0.05, 0.1) is 12.2 Å². The minimum Gasteiger partial charge on any atom is -0.391 e. The Bertz CT molecular complexity index is 279. The maximum absolute atomic E-state index is 9.99. The fourth-order valence-electron chi connectivity index (χ4n) is 3.22. The zero-order valence-corrected chi connectivity index (χ0v) is 16.3. The van der Waals surface area contributed by atoms with Crippen LogP contribution < -0.4 is 5.73 Å². The maximum Gasteiger partial charge on any atom is 0.0824 e. The lowest BCUT2D eigenvalue weighted by Crippen LogP contribution is -2.32. The van der Waals surface area contributed by atoms with Gasteiger partial charge in [-0.3, -0.25) is 0 Å². The summed E-state index contributed by atoms with van der Waals surface area (Å²) >= 11 is 0. The van der Waals surface area contributed by atoms with Crippen LogP contribution in [0.4, 0.5) is 0 Å². The van der Waals surface area contributed by atoms with E-state index in [1.54, 1.807) is 6.92 Å². The van der Waals surface area contributed by atoms with Gasteiger partial charge in [-0.1, -0.05) is 64.0 Å². The quantitative estimate of drug-likeness (QED) is 0.259. The van der Waals surface area contributed by atoms with Crippen LogP contribution in [0.5, 0.6) is 0 Å². The number of allylic oxidation sites excluding steroid dienone is 2. The molecule has 4 N–H and O–H groups in total. The summed E-state index contributed by atoms with van der Waals surface area (Å²) in [5.41, 5.74) is 5.61. The molecule has 0 aromatic rings. The van der Waals surface area contributed by atoms with Gasteiger partial charge >= 0.3 is 0 Å². The lowest BCUT2D eigenvalue weighted by atomic mass is 9.89. The summed E-state index contributed by atoms with van der Waals surface area (Å²) in [4.78, 5) is 0. The van der Waals surface area contributed by atoms with Gasteiger partial charge in [0, 0.05) is 0 Å². The second-order valence-electron chi connectivity index (χ2n) is 7.23. The number of nitrogens with two attached hydrogens (primary N) is 1. The molecule has 0 saturated carbocycles. The van der Waals surface area contributed by atoms with Crippen molar-refractivity contribution in [2.45, 2.75) is 110 Å². The molecule has 3 unspecified atom stereocenters. The van der Waals surface area contributed by atoms with Crippen LogP contribution in [0.25, 0.3) is 0 Å². The molecule has 0 radical (unpaired) electrons.